The van der Waals surface area contributed by atoms with Gasteiger partial charge in [-0.3, -0.25) is 9.80 Å². The summed E-state index contributed by atoms with van der Waals surface area (Å²) in [7, 11) is 0. The highest BCUT2D eigenvalue weighted by Crippen LogP contribution is 2.44. The molecule has 2 atom stereocenters. The molecule has 2 aliphatic rings. The molecule has 1 aromatic carbocycles. The van der Waals surface area contributed by atoms with Crippen molar-refractivity contribution in [3.05, 3.63) is 29.3 Å². The molecule has 7 heteroatoms. The number of nitrogens with one attached hydrogen (secondary N) is 1. The van der Waals surface area contributed by atoms with E-state index in [0.717, 1.165) is 43.0 Å². The first kappa shape index (κ1) is 23.1. The van der Waals surface area contributed by atoms with Crippen molar-refractivity contribution in [1.29, 1.82) is 0 Å². The number of rotatable bonds is 11. The molecular weight excluding hydrogens is 446 g/mol. The number of carbonyl (C=O) groups is 1. The maximum Gasteiger partial charge on any atom is 0.310 e. The van der Waals surface area contributed by atoms with E-state index in [0.29, 0.717) is 25.2 Å². The van der Waals surface area contributed by atoms with E-state index in [4.69, 9.17) is 14.6 Å². The third-order valence-corrected chi connectivity index (χ3v) is 6.06. The molecule has 3 rings (SSSR count). The molecule has 1 aromatic rings. The normalized spacial score (nSPS) is 20.1. The van der Waals surface area contributed by atoms with Gasteiger partial charge < -0.3 is 14.8 Å². The van der Waals surface area contributed by atoms with Crippen LogP contribution in [0.2, 0.25) is 0 Å². The van der Waals surface area contributed by atoms with Crippen LogP contribution in [0.3, 0.4) is 0 Å². The lowest BCUT2D eigenvalue weighted by Crippen LogP contribution is -2.37. The van der Waals surface area contributed by atoms with Crippen LogP contribution in [0, 0.1) is 0 Å². The van der Waals surface area contributed by atoms with Crippen LogP contribution in [0.15, 0.2) is 23.3 Å². The second-order valence-electron chi connectivity index (χ2n) is 7.99. The largest absolute Gasteiger partial charge is 0.487 e. The van der Waals surface area contributed by atoms with E-state index in [9.17, 15) is 4.79 Å². The number of hydrazone groups is 1. The predicted molar refractivity (Wildman–Crippen MR) is 123 cm³/mol. The summed E-state index contributed by atoms with van der Waals surface area (Å²) in [5.74, 6) is 1.11. The quantitative estimate of drug-likeness (QED) is 0.169. The molecule has 1 unspecified atom stereocenters. The van der Waals surface area contributed by atoms with Gasteiger partial charge in [0.15, 0.2) is 0 Å². The van der Waals surface area contributed by atoms with E-state index in [1.165, 1.54) is 18.4 Å². The zero-order chi connectivity index (χ0) is 21.5. The molecule has 2 fully saturated rings. The zero-order valence-corrected chi connectivity index (χ0v) is 19.9. The van der Waals surface area contributed by atoms with Crippen molar-refractivity contribution in [3.8, 4) is 5.75 Å². The van der Waals surface area contributed by atoms with Gasteiger partial charge in [-0.2, -0.15) is 5.10 Å². The number of hydrogen-bond acceptors (Lipinski definition) is 6. The Balaban J connectivity index is 1.75. The minimum atomic E-state index is -0.201. The Morgan fingerprint density at radius 2 is 2.13 bits per heavy atom. The molecule has 0 bridgehead atoms. The predicted octanol–water partition coefficient (Wildman–Crippen LogP) is 4.22. The third kappa shape index (κ3) is 6.20. The lowest BCUT2D eigenvalue weighted by Gasteiger charge is -2.29. The number of halogens is 1. The number of ether oxygens (including phenoxy) is 2. The van der Waals surface area contributed by atoms with Gasteiger partial charge in [0, 0.05) is 12.1 Å². The highest BCUT2D eigenvalue weighted by atomic mass is 79.9. The summed E-state index contributed by atoms with van der Waals surface area (Å²) in [5.41, 5.74) is 3.19. The van der Waals surface area contributed by atoms with Crippen molar-refractivity contribution in [3.63, 3.8) is 0 Å². The van der Waals surface area contributed by atoms with Gasteiger partial charge in [-0.25, -0.2) is 0 Å². The van der Waals surface area contributed by atoms with Gasteiger partial charge >= 0.3 is 5.97 Å². The number of esters is 1. The van der Waals surface area contributed by atoms with Crippen molar-refractivity contribution < 1.29 is 14.3 Å². The number of hydrogen-bond donors (Lipinski definition) is 1. The van der Waals surface area contributed by atoms with Crippen LogP contribution in [0.25, 0.3) is 0 Å². The van der Waals surface area contributed by atoms with Crippen LogP contribution in [0.1, 0.15) is 63.5 Å². The fraction of sp³-hybridized carbons (Fsp3) is 0.652. The molecule has 166 valence electrons. The molecular formula is C23H34BrN3O3. The second-order valence-corrected chi connectivity index (χ2v) is 9.31. The van der Waals surface area contributed by atoms with Crippen molar-refractivity contribution >= 4 is 27.6 Å². The van der Waals surface area contributed by atoms with Crippen LogP contribution in [-0.2, 0) is 16.0 Å². The minimum absolute atomic E-state index is 0.154. The SMILES string of the molecule is CCOC(=O)Cc1c(OC/C(CC)=N/N(C(C)Br)[C@H]2CCNC2)cccc1C1CC1. The third-order valence-electron chi connectivity index (χ3n) is 5.65. The Kier molecular flexibility index (Phi) is 8.57. The van der Waals surface area contributed by atoms with Crippen LogP contribution in [0.4, 0.5) is 0 Å². The van der Waals surface area contributed by atoms with Crippen molar-refractivity contribution in [1.82, 2.24) is 10.3 Å². The smallest absolute Gasteiger partial charge is 0.310 e. The molecule has 0 spiro atoms. The maximum atomic E-state index is 12.2. The average molecular weight is 480 g/mol. The van der Waals surface area contributed by atoms with Crippen molar-refractivity contribution in [2.45, 2.75) is 69.8 Å². The number of nitrogens with zero attached hydrogens (tertiary/aromatic N) is 2. The fourth-order valence-electron chi connectivity index (χ4n) is 3.88. The molecule has 0 aromatic heterocycles. The first-order valence-electron chi connectivity index (χ1n) is 11.1. The van der Waals surface area contributed by atoms with Crippen LogP contribution >= 0.6 is 15.9 Å². The lowest BCUT2D eigenvalue weighted by atomic mass is 9.99. The highest BCUT2D eigenvalue weighted by Gasteiger charge is 2.29. The van der Waals surface area contributed by atoms with E-state index in [-0.39, 0.29) is 17.3 Å². The van der Waals surface area contributed by atoms with Gasteiger partial charge in [-0.15, -0.1) is 0 Å². The molecule has 30 heavy (non-hydrogen) atoms. The standard InChI is InChI=1S/C23H34BrN3O3/c1-4-18(26-27(16(3)24)19-11-12-25-14-19)15-30-22-8-6-7-20(17-9-10-17)21(22)13-23(28)29-5-2/h6-8,16-17,19,25H,4-5,9-15H2,1-3H3/b26-18+/t16?,19-/m0/s1. The van der Waals surface area contributed by atoms with Crippen molar-refractivity contribution in [2.24, 2.45) is 5.10 Å². The van der Waals surface area contributed by atoms with Gasteiger partial charge in [0.25, 0.3) is 0 Å². The monoisotopic (exact) mass is 479 g/mol. The number of benzene rings is 1. The molecule has 1 saturated heterocycles. The molecule has 1 saturated carbocycles. The summed E-state index contributed by atoms with van der Waals surface area (Å²) in [5, 5.41) is 10.5. The van der Waals surface area contributed by atoms with E-state index in [1.807, 2.05) is 19.1 Å². The first-order chi connectivity index (χ1) is 14.5. The molecule has 0 radical (unpaired) electrons. The second kappa shape index (κ2) is 11.1. The Labute approximate surface area is 188 Å². The molecule has 6 nitrogen and oxygen atoms in total. The fourth-order valence-corrected chi connectivity index (χ4v) is 4.31. The van der Waals surface area contributed by atoms with Gasteiger partial charge in [0.1, 0.15) is 12.4 Å². The van der Waals surface area contributed by atoms with E-state index >= 15 is 0 Å². The topological polar surface area (TPSA) is 63.2 Å². The van der Waals surface area contributed by atoms with E-state index in [1.54, 1.807) is 0 Å². The Hall–Kier alpha value is -1.60. The number of carbonyl (C=O) groups excluding carboxylic acids is 1. The van der Waals surface area contributed by atoms with Gasteiger partial charge in [-0.05, 0) is 63.6 Å². The minimum Gasteiger partial charge on any atom is -0.487 e. The Bertz CT molecular complexity index is 743. The number of alkyl halides is 1. The summed E-state index contributed by atoms with van der Waals surface area (Å²) in [6, 6.07) is 6.49. The molecule has 1 aliphatic heterocycles. The summed E-state index contributed by atoms with van der Waals surface area (Å²) in [4.78, 5) is 12.4. The van der Waals surface area contributed by atoms with Crippen molar-refractivity contribution in [2.75, 3.05) is 26.3 Å². The summed E-state index contributed by atoms with van der Waals surface area (Å²) < 4.78 is 11.4. The molecule has 1 heterocycles. The van der Waals surface area contributed by atoms with Crippen LogP contribution in [-0.4, -0.2) is 54.0 Å². The molecule has 1 N–H and O–H groups in total. The Morgan fingerprint density at radius 1 is 1.33 bits per heavy atom. The van der Waals surface area contributed by atoms with Gasteiger partial charge in [-0.1, -0.05) is 35.0 Å². The molecule has 1 aliphatic carbocycles. The van der Waals surface area contributed by atoms with Crippen LogP contribution in [0.5, 0.6) is 5.75 Å². The maximum absolute atomic E-state index is 12.2. The summed E-state index contributed by atoms with van der Waals surface area (Å²) in [6.45, 7) is 8.83. The van der Waals surface area contributed by atoms with Gasteiger partial charge in [0.2, 0.25) is 0 Å². The highest BCUT2D eigenvalue weighted by molar-refractivity contribution is 9.09. The van der Waals surface area contributed by atoms with Crippen LogP contribution < -0.4 is 10.1 Å². The van der Waals surface area contributed by atoms with Gasteiger partial charge in [0.05, 0.1) is 29.7 Å². The summed E-state index contributed by atoms with van der Waals surface area (Å²) in [6.07, 6.45) is 4.51. The first-order valence-corrected chi connectivity index (χ1v) is 12.0. The van der Waals surface area contributed by atoms with E-state index in [2.05, 4.69) is 46.2 Å². The van der Waals surface area contributed by atoms with E-state index < -0.39 is 0 Å². The summed E-state index contributed by atoms with van der Waals surface area (Å²) >= 11 is 3.69. The molecule has 0 amide bonds. The average Bonchev–Trinajstić information content (AvgIpc) is 3.43. The Morgan fingerprint density at radius 3 is 2.73 bits per heavy atom. The lowest BCUT2D eigenvalue weighted by molar-refractivity contribution is -0.142. The zero-order valence-electron chi connectivity index (χ0n) is 18.3.